The number of aryl methyl sites for hydroxylation is 1. The smallest absolute Gasteiger partial charge is 0.425 e. The Kier molecular flexibility index (Phi) is 18.7. The van der Waals surface area contributed by atoms with Gasteiger partial charge in [-0.1, -0.05) is 17.7 Å². The molecule has 1 aromatic heterocycles. The second-order valence-corrected chi connectivity index (χ2v) is 25.0. The van der Waals surface area contributed by atoms with E-state index in [9.17, 15) is 105 Å². The van der Waals surface area contributed by atoms with Gasteiger partial charge in [-0.25, -0.2) is 4.79 Å². The van der Waals surface area contributed by atoms with Gasteiger partial charge in [0.2, 0.25) is 11.6 Å². The summed E-state index contributed by atoms with van der Waals surface area (Å²) < 4.78 is 207. The summed E-state index contributed by atoms with van der Waals surface area (Å²) in [5.41, 5.74) is -2.24. The van der Waals surface area contributed by atoms with Crippen LogP contribution in [0.1, 0.15) is 15.9 Å². The van der Waals surface area contributed by atoms with Gasteiger partial charge in [0.1, 0.15) is 53.7 Å². The fourth-order valence-corrected chi connectivity index (χ4v) is 11.7. The summed E-state index contributed by atoms with van der Waals surface area (Å²) >= 11 is 6.23. The molecule has 0 amide bonds. The zero-order chi connectivity index (χ0) is 67.1. The largest absolute Gasteiger partial charge is 0.505 e. The van der Waals surface area contributed by atoms with Crippen molar-refractivity contribution in [3.63, 3.8) is 0 Å². The number of nitro benzene ring substituents is 1. The number of aromatic carboxylic acids is 1. The van der Waals surface area contributed by atoms with Gasteiger partial charge < -0.3 is 30.9 Å². The number of nitrogen functional groups attached to an aromatic ring is 1. The summed E-state index contributed by atoms with van der Waals surface area (Å²) in [6, 6.07) is 10.6. The summed E-state index contributed by atoms with van der Waals surface area (Å²) in [7, 11) is -30.0. The van der Waals surface area contributed by atoms with Crippen LogP contribution in [0, 0.1) is 17.0 Å². The van der Waals surface area contributed by atoms with Gasteiger partial charge in [-0.2, -0.15) is 51.9 Å². The van der Waals surface area contributed by atoms with Gasteiger partial charge in [0.15, 0.2) is 11.5 Å². The normalized spacial score (nSPS) is 12.5. The number of aromatic nitrogens is 2. The Bertz CT molecular complexity index is 5290. The van der Waals surface area contributed by atoms with Crippen molar-refractivity contribution in [2.45, 2.75) is 31.4 Å². The summed E-state index contributed by atoms with van der Waals surface area (Å²) in [5.74, 6) is -5.77. The molecular formula is C44H29ClN12O27S6. The number of halogens is 1. The molecule has 0 saturated heterocycles. The minimum atomic E-state index is -5.69. The van der Waals surface area contributed by atoms with Gasteiger partial charge in [-0.3, -0.25) is 37.7 Å². The van der Waals surface area contributed by atoms with Crippen molar-refractivity contribution >= 4 is 164 Å². The summed E-state index contributed by atoms with van der Waals surface area (Å²) in [4.78, 5) is 27.9. The number of non-ortho nitro benzene ring substituents is 1. The summed E-state index contributed by atoms with van der Waals surface area (Å²) in [6.07, 6.45) is 0. The first-order valence-corrected chi connectivity index (χ1v) is 31.3. The van der Waals surface area contributed by atoms with Crippen LogP contribution in [0.5, 0.6) is 23.3 Å². The molecule has 46 heteroatoms. The first-order chi connectivity index (χ1) is 41.6. The molecule has 0 bridgehead atoms. The molecule has 90 heavy (non-hydrogen) atoms. The van der Waals surface area contributed by atoms with Gasteiger partial charge >= 0.3 is 16.6 Å². The minimum Gasteiger partial charge on any atom is -0.505 e. The number of nitrogens with zero attached hydrogens (tertiary/aromatic N) is 11. The van der Waals surface area contributed by atoms with Crippen molar-refractivity contribution < 1.29 is 117 Å². The fourth-order valence-electron chi connectivity index (χ4n) is 7.92. The summed E-state index contributed by atoms with van der Waals surface area (Å²) in [6.45, 7) is 1.10. The number of carbonyl (C=O) groups is 2. The highest BCUT2D eigenvalue weighted by Gasteiger charge is 2.30. The van der Waals surface area contributed by atoms with Crippen LogP contribution in [-0.2, 0) is 66.0 Å². The van der Waals surface area contributed by atoms with Gasteiger partial charge in [-0.05, 0) is 79.2 Å². The molecule has 0 unspecified atom stereocenters. The Hall–Kier alpha value is -10.3. The van der Waals surface area contributed by atoms with Crippen molar-refractivity contribution in [1.29, 1.82) is 0 Å². The number of benzene rings is 7. The van der Waals surface area contributed by atoms with Gasteiger partial charge in [-0.15, -0.1) is 53.5 Å². The van der Waals surface area contributed by atoms with E-state index in [0.29, 0.717) is 28.9 Å². The van der Waals surface area contributed by atoms with E-state index in [2.05, 4.69) is 46.0 Å². The number of carboxylic acid groups (broad SMARTS) is 1. The Morgan fingerprint density at radius 1 is 0.633 bits per heavy atom. The first kappa shape index (κ1) is 67.2. The second kappa shape index (κ2) is 25.0. The van der Waals surface area contributed by atoms with Crippen LogP contribution < -0.4 is 10.5 Å². The van der Waals surface area contributed by atoms with Gasteiger partial charge in [0.05, 0.1) is 42.9 Å². The lowest BCUT2D eigenvalue weighted by atomic mass is 10.1. The molecule has 0 saturated carbocycles. The second-order valence-electron chi connectivity index (χ2n) is 17.2. The quantitative estimate of drug-likeness (QED) is 0.00975. The zero-order valence-corrected chi connectivity index (χ0v) is 49.0. The molecule has 0 radical (unpaired) electrons. The fraction of sp³-hybridized carbons (Fsp3) is 0.0227. The lowest BCUT2D eigenvalue weighted by Crippen LogP contribution is -2.04. The van der Waals surface area contributed by atoms with E-state index in [4.69, 9.17) is 34.7 Å². The maximum atomic E-state index is 13.1. The molecule has 0 aliphatic heterocycles. The molecule has 7 aromatic carbocycles. The molecule has 8 aromatic rings. The predicted molar refractivity (Wildman–Crippen MR) is 299 cm³/mol. The van der Waals surface area contributed by atoms with Crippen LogP contribution in [0.25, 0.3) is 27.2 Å². The Morgan fingerprint density at radius 2 is 1.19 bits per heavy atom. The number of fused-ring (bicyclic) bond motifs is 2. The monoisotopic (exact) mass is 1380 g/mol. The number of phenolic OH excluding ortho intramolecular Hbond substituents is 2. The van der Waals surface area contributed by atoms with Crippen LogP contribution in [0.15, 0.2) is 150 Å². The maximum Gasteiger partial charge on any atom is 0.425 e. The third-order valence-corrected chi connectivity index (χ3v) is 16.3. The molecule has 11 N–H and O–H groups in total. The van der Waals surface area contributed by atoms with Crippen LogP contribution in [0.3, 0.4) is 0 Å². The van der Waals surface area contributed by atoms with E-state index in [-0.39, 0.29) is 17.7 Å². The van der Waals surface area contributed by atoms with Crippen molar-refractivity contribution in [1.82, 2.24) is 9.78 Å². The predicted octanol–water partition coefficient (Wildman–Crippen LogP) is 7.87. The standard InChI is InChI=1S/C44H29ClN12O24S5.O3S/c1-17-10-20(82(66,67)68)13-25(45)38(17)56-43(61)37(42(55-56)81-16-58)54-48-26-7-2-18(11-32(26)84(72,73)74)47-53-36-33(85(75,76)77)14-24-21(39(36)59)5-9-28(41(24)86(78,79)80)50-52-30-15-31(83(69,70)71)23-6-8-27(40(60)34(23)35(30)46)49-51-29-12-19(57(64)65)3-4-22(29)44(62)63;1-4(2)3/h2-16,59-61H,46H2,1H3,(H,62,63)(H,66,67,68)(H,69,70,71)(H,72,73,74)(H,75,76,77)(H,78,79,80);. The molecule has 0 aliphatic rings. The number of nitrogens with two attached hydrogens (primary N) is 1. The van der Waals surface area contributed by atoms with Crippen molar-refractivity contribution in [2.75, 3.05) is 5.73 Å². The third kappa shape index (κ3) is 14.3. The van der Waals surface area contributed by atoms with Crippen molar-refractivity contribution in [3.05, 3.63) is 111 Å². The van der Waals surface area contributed by atoms with Crippen molar-refractivity contribution in [2.24, 2.45) is 40.9 Å². The average Bonchev–Trinajstić information content (AvgIpc) is 1.03. The molecular weight excluding hydrogens is 1360 g/mol. The van der Waals surface area contributed by atoms with E-state index in [1.807, 2.05) is 0 Å². The topological polar surface area (TPSA) is 633 Å². The minimum absolute atomic E-state index is 0.0385. The van der Waals surface area contributed by atoms with Crippen LogP contribution >= 0.6 is 11.6 Å². The van der Waals surface area contributed by atoms with Crippen LogP contribution in [0.4, 0.5) is 56.9 Å². The molecule has 8 rings (SSSR count). The molecule has 1 heterocycles. The molecule has 0 fully saturated rings. The Balaban J connectivity index is 0.00000279. The van der Waals surface area contributed by atoms with Gasteiger partial charge in [0.25, 0.3) is 68.6 Å². The number of ether oxygens (including phenoxy) is 1. The van der Waals surface area contributed by atoms with Crippen LogP contribution in [-0.4, -0.2) is 125 Å². The van der Waals surface area contributed by atoms with E-state index in [1.54, 1.807) is 0 Å². The number of azo groups is 4. The van der Waals surface area contributed by atoms with E-state index >= 15 is 0 Å². The number of carboxylic acids is 1. The lowest BCUT2D eigenvalue weighted by Gasteiger charge is -2.13. The summed E-state index contributed by atoms with van der Waals surface area (Å²) in [5, 5.41) is 84.8. The van der Waals surface area contributed by atoms with E-state index in [0.717, 1.165) is 60.7 Å². The zero-order valence-electron chi connectivity index (χ0n) is 43.4. The highest BCUT2D eigenvalue weighted by Crippen LogP contribution is 2.49. The highest BCUT2D eigenvalue weighted by atomic mass is 35.5. The highest BCUT2D eigenvalue weighted by molar-refractivity contribution is 7.87. The average molecular weight is 1390 g/mol. The lowest BCUT2D eigenvalue weighted by molar-refractivity contribution is -0.384. The molecule has 470 valence electrons. The number of hydrogen-bond acceptors (Lipinski definition) is 31. The van der Waals surface area contributed by atoms with E-state index < -0.39 is 209 Å². The van der Waals surface area contributed by atoms with E-state index in [1.165, 1.54) is 6.92 Å². The number of carbonyl (C=O) groups excluding carboxylic acids is 1. The van der Waals surface area contributed by atoms with Gasteiger partial charge in [0, 0.05) is 28.3 Å². The number of rotatable bonds is 18. The first-order valence-electron chi connectivity index (χ1n) is 22.8. The maximum absolute atomic E-state index is 13.1. The third-order valence-electron chi connectivity index (χ3n) is 11.6. The molecule has 0 atom stereocenters. The van der Waals surface area contributed by atoms with Crippen LogP contribution in [0.2, 0.25) is 5.02 Å². The molecule has 0 spiro atoms. The SMILES string of the molecule is Cc1cc(S(=O)(=O)O)cc(Cl)c1-n1nc(OC=O)c(N=Nc2ccc(N=Nc3c(S(=O)(=O)O)cc4c(S(=O)(=O)O)c(N=Nc5cc(S(=O)(=O)O)c6ccc(N=Nc7cc([N+](=O)[O-])ccc7C(=O)O)c(O)c6c5N)ccc4c3O)cc2S(=O)(=O)O)c1O.O=S(=O)=O. The Morgan fingerprint density at radius 3 is 1.76 bits per heavy atom. The van der Waals surface area contributed by atoms with Crippen molar-refractivity contribution in [3.8, 4) is 28.9 Å². The number of hydrogen-bond donors (Lipinski definition) is 10. The number of aromatic hydroxyl groups is 3. The molecule has 39 nitrogen and oxygen atoms in total. The number of nitro groups is 1. The number of phenols is 2. The Labute approximate surface area is 506 Å². The molecule has 0 aliphatic carbocycles. The number of anilines is 1.